The molecular formula is C27H31N7O. The van der Waals surface area contributed by atoms with Gasteiger partial charge in [-0.1, -0.05) is 6.07 Å². The van der Waals surface area contributed by atoms with Crippen LogP contribution in [0.2, 0.25) is 0 Å². The van der Waals surface area contributed by atoms with E-state index < -0.39 is 0 Å². The molecule has 0 saturated carbocycles. The van der Waals surface area contributed by atoms with Gasteiger partial charge in [0, 0.05) is 43.1 Å². The molecule has 0 unspecified atom stereocenters. The molecule has 2 aliphatic heterocycles. The van der Waals surface area contributed by atoms with Gasteiger partial charge >= 0.3 is 0 Å². The summed E-state index contributed by atoms with van der Waals surface area (Å²) in [6.07, 6.45) is 6.16. The molecule has 0 atom stereocenters. The zero-order chi connectivity index (χ0) is 23.6. The molecule has 0 aromatic carbocycles. The maximum absolute atomic E-state index is 5.53. The minimum Gasteiger partial charge on any atom is -0.379 e. The molecule has 35 heavy (non-hydrogen) atoms. The zero-order valence-electron chi connectivity index (χ0n) is 20.2. The molecule has 0 aliphatic carbocycles. The fourth-order valence-corrected chi connectivity index (χ4v) is 5.34. The maximum Gasteiger partial charge on any atom is 0.0939 e. The molecule has 180 valence electrons. The van der Waals surface area contributed by atoms with Crippen LogP contribution < -0.4 is 0 Å². The second-order valence-corrected chi connectivity index (χ2v) is 9.51. The lowest BCUT2D eigenvalue weighted by Crippen LogP contribution is -2.48. The number of fused-ring (bicyclic) bond motifs is 1. The first-order valence-corrected chi connectivity index (χ1v) is 12.5. The van der Waals surface area contributed by atoms with Gasteiger partial charge in [-0.3, -0.25) is 24.9 Å². The molecule has 2 fully saturated rings. The Balaban J connectivity index is 1.24. The van der Waals surface area contributed by atoms with Crippen molar-refractivity contribution >= 4 is 11.0 Å². The van der Waals surface area contributed by atoms with Gasteiger partial charge in [0.1, 0.15) is 0 Å². The molecule has 6 rings (SSSR count). The topological polar surface area (TPSA) is 83.1 Å². The Labute approximate surface area is 205 Å². The van der Waals surface area contributed by atoms with E-state index in [1.54, 1.807) is 0 Å². The summed E-state index contributed by atoms with van der Waals surface area (Å²) in [4.78, 5) is 19.5. The van der Waals surface area contributed by atoms with Crippen LogP contribution in [0.25, 0.3) is 33.7 Å². The van der Waals surface area contributed by atoms with Crippen molar-refractivity contribution in [1.82, 2.24) is 34.9 Å². The molecule has 2 saturated heterocycles. The number of rotatable bonds is 5. The lowest BCUT2D eigenvalue weighted by Gasteiger charge is -2.40. The van der Waals surface area contributed by atoms with Crippen LogP contribution in [0.3, 0.4) is 0 Å². The molecule has 0 amide bonds. The highest BCUT2D eigenvalue weighted by Crippen LogP contribution is 2.30. The summed E-state index contributed by atoms with van der Waals surface area (Å²) in [5, 5.41) is 7.42. The van der Waals surface area contributed by atoms with Crippen molar-refractivity contribution in [3.63, 3.8) is 0 Å². The van der Waals surface area contributed by atoms with Gasteiger partial charge in [0.05, 0.1) is 47.5 Å². The van der Waals surface area contributed by atoms with Crippen molar-refractivity contribution in [2.24, 2.45) is 0 Å². The number of nitrogens with one attached hydrogen (secondary N) is 1. The zero-order valence-corrected chi connectivity index (χ0v) is 20.2. The molecule has 2 aliphatic rings. The van der Waals surface area contributed by atoms with Gasteiger partial charge in [-0.15, -0.1) is 0 Å². The molecular weight excluding hydrogens is 438 g/mol. The molecule has 8 heteroatoms. The standard InChI is InChI=1S/C27H31N7O/c1-19-3-2-4-25(30-19)27-22(17-29-32-27)23-5-6-24-26(31-23)20(7-10-28-24)18-33-11-8-21(9-12-33)34-13-15-35-16-14-34/h2-7,10,17,21H,8-9,11-16,18H2,1H3,(H,29,32). The first kappa shape index (κ1) is 22.3. The summed E-state index contributed by atoms with van der Waals surface area (Å²) in [5.74, 6) is 0. The normalized spacial score (nSPS) is 18.3. The average Bonchev–Trinajstić information content (AvgIpc) is 3.40. The van der Waals surface area contributed by atoms with Crippen molar-refractivity contribution in [1.29, 1.82) is 0 Å². The Morgan fingerprint density at radius 1 is 0.971 bits per heavy atom. The number of hydrogen-bond donors (Lipinski definition) is 1. The molecule has 4 aromatic heterocycles. The van der Waals surface area contributed by atoms with E-state index in [1.807, 2.05) is 43.6 Å². The molecule has 0 bridgehead atoms. The number of aryl methyl sites for hydroxylation is 1. The highest BCUT2D eigenvalue weighted by molar-refractivity contribution is 5.84. The number of aromatic amines is 1. The number of piperidine rings is 1. The van der Waals surface area contributed by atoms with Crippen molar-refractivity contribution in [3.8, 4) is 22.6 Å². The van der Waals surface area contributed by atoms with Gasteiger partial charge < -0.3 is 4.74 Å². The fourth-order valence-electron chi connectivity index (χ4n) is 5.34. The number of aromatic nitrogens is 5. The third-order valence-corrected chi connectivity index (χ3v) is 7.24. The monoisotopic (exact) mass is 469 g/mol. The van der Waals surface area contributed by atoms with Gasteiger partial charge in [-0.25, -0.2) is 4.98 Å². The predicted molar refractivity (Wildman–Crippen MR) is 136 cm³/mol. The number of ether oxygens (including phenoxy) is 1. The van der Waals surface area contributed by atoms with Crippen molar-refractivity contribution in [3.05, 3.63) is 60.0 Å². The van der Waals surface area contributed by atoms with E-state index in [1.165, 1.54) is 18.4 Å². The van der Waals surface area contributed by atoms with Crippen LogP contribution >= 0.6 is 0 Å². The Morgan fingerprint density at radius 2 is 1.83 bits per heavy atom. The lowest BCUT2D eigenvalue weighted by molar-refractivity contribution is 0.000257. The Morgan fingerprint density at radius 3 is 2.66 bits per heavy atom. The van der Waals surface area contributed by atoms with E-state index in [2.05, 4.69) is 42.1 Å². The van der Waals surface area contributed by atoms with Crippen LogP contribution in [0.4, 0.5) is 0 Å². The Hall–Kier alpha value is -3.20. The first-order chi connectivity index (χ1) is 17.2. The second-order valence-electron chi connectivity index (χ2n) is 9.51. The quantitative estimate of drug-likeness (QED) is 0.477. The van der Waals surface area contributed by atoms with Crippen LogP contribution in [0, 0.1) is 6.92 Å². The summed E-state index contributed by atoms with van der Waals surface area (Å²) < 4.78 is 5.53. The van der Waals surface area contributed by atoms with E-state index in [0.717, 1.165) is 85.3 Å². The van der Waals surface area contributed by atoms with Crippen molar-refractivity contribution < 1.29 is 4.74 Å². The number of H-pyrrole nitrogens is 1. The van der Waals surface area contributed by atoms with Crippen molar-refractivity contribution in [2.75, 3.05) is 39.4 Å². The summed E-state index contributed by atoms with van der Waals surface area (Å²) >= 11 is 0. The van der Waals surface area contributed by atoms with Crippen molar-refractivity contribution in [2.45, 2.75) is 32.4 Å². The Kier molecular flexibility index (Phi) is 6.24. The number of hydrogen-bond acceptors (Lipinski definition) is 7. The second kappa shape index (κ2) is 9.81. The largest absolute Gasteiger partial charge is 0.379 e. The molecule has 0 radical (unpaired) electrons. The predicted octanol–water partition coefficient (Wildman–Crippen LogP) is 3.69. The summed E-state index contributed by atoms with van der Waals surface area (Å²) in [7, 11) is 0. The lowest BCUT2D eigenvalue weighted by atomic mass is 10.0. The van der Waals surface area contributed by atoms with E-state index in [4.69, 9.17) is 9.72 Å². The Bertz CT molecular complexity index is 1310. The highest BCUT2D eigenvalue weighted by Gasteiger charge is 2.26. The van der Waals surface area contributed by atoms with Crippen LogP contribution in [0.1, 0.15) is 24.1 Å². The number of pyridine rings is 3. The van der Waals surface area contributed by atoms with Gasteiger partial charge in [-0.2, -0.15) is 5.10 Å². The minimum atomic E-state index is 0.684. The third-order valence-electron chi connectivity index (χ3n) is 7.24. The average molecular weight is 470 g/mol. The highest BCUT2D eigenvalue weighted by atomic mass is 16.5. The molecule has 0 spiro atoms. The first-order valence-electron chi connectivity index (χ1n) is 12.5. The van der Waals surface area contributed by atoms with Gasteiger partial charge in [0.2, 0.25) is 0 Å². The van der Waals surface area contributed by atoms with Gasteiger partial charge in [0.25, 0.3) is 0 Å². The summed E-state index contributed by atoms with van der Waals surface area (Å²) in [6.45, 7) is 8.98. The van der Waals surface area contributed by atoms with Crippen LogP contribution in [-0.2, 0) is 11.3 Å². The summed E-state index contributed by atoms with van der Waals surface area (Å²) in [5.41, 5.74) is 7.66. The van der Waals surface area contributed by atoms with E-state index in [0.29, 0.717) is 6.04 Å². The van der Waals surface area contributed by atoms with Crippen LogP contribution in [-0.4, -0.2) is 80.4 Å². The minimum absolute atomic E-state index is 0.684. The molecule has 4 aromatic rings. The number of morpholine rings is 1. The van der Waals surface area contributed by atoms with E-state index >= 15 is 0 Å². The maximum atomic E-state index is 5.53. The molecule has 6 heterocycles. The molecule has 1 N–H and O–H groups in total. The number of nitrogens with zero attached hydrogens (tertiary/aromatic N) is 6. The van der Waals surface area contributed by atoms with E-state index in [-0.39, 0.29) is 0 Å². The SMILES string of the molecule is Cc1cccc(-c2[nH]ncc2-c2ccc3nccc(CN4CCC(N5CCOCC5)CC4)c3n2)n1. The molecule has 8 nitrogen and oxygen atoms in total. The fraction of sp³-hybridized carbons (Fsp3) is 0.407. The van der Waals surface area contributed by atoms with E-state index in [9.17, 15) is 0 Å². The third kappa shape index (κ3) is 4.69. The van der Waals surface area contributed by atoms with Crippen LogP contribution in [0.15, 0.2) is 48.8 Å². The smallest absolute Gasteiger partial charge is 0.0939 e. The summed E-state index contributed by atoms with van der Waals surface area (Å²) in [6, 6.07) is 12.9. The number of likely N-dealkylation sites (tertiary alicyclic amines) is 1. The van der Waals surface area contributed by atoms with Gasteiger partial charge in [-0.05, 0) is 68.8 Å². The van der Waals surface area contributed by atoms with Crippen LogP contribution in [0.5, 0.6) is 0 Å². The van der Waals surface area contributed by atoms with Gasteiger partial charge in [0.15, 0.2) is 0 Å².